The van der Waals surface area contributed by atoms with Crippen LogP contribution >= 0.6 is 0 Å². The summed E-state index contributed by atoms with van der Waals surface area (Å²) in [6.07, 6.45) is 0. The highest BCUT2D eigenvalue weighted by Crippen LogP contribution is 2.21. The van der Waals surface area contributed by atoms with Crippen molar-refractivity contribution in [3.63, 3.8) is 0 Å². The van der Waals surface area contributed by atoms with E-state index in [-0.39, 0.29) is 0 Å². The molecule has 0 saturated carbocycles. The van der Waals surface area contributed by atoms with E-state index in [4.69, 9.17) is 0 Å². The quantitative estimate of drug-likeness (QED) is 0.518. The predicted molar refractivity (Wildman–Crippen MR) is 94.2 cm³/mol. The average molecular weight is 286 g/mol. The highest BCUT2D eigenvalue weighted by atomic mass is 15.3. The van der Waals surface area contributed by atoms with Gasteiger partial charge in [-0.05, 0) is 35.7 Å². The highest BCUT2D eigenvalue weighted by Gasteiger charge is 1.98. The van der Waals surface area contributed by atoms with Gasteiger partial charge in [-0.1, -0.05) is 72.8 Å². The van der Waals surface area contributed by atoms with Gasteiger partial charge in [0, 0.05) is 0 Å². The molecule has 0 spiro atoms. The van der Waals surface area contributed by atoms with Crippen molar-refractivity contribution in [2.75, 3.05) is 5.43 Å². The first-order chi connectivity index (χ1) is 10.8. The molecule has 22 heavy (non-hydrogen) atoms. The zero-order valence-corrected chi connectivity index (χ0v) is 12.5. The van der Waals surface area contributed by atoms with Crippen molar-refractivity contribution in [3.05, 3.63) is 90.5 Å². The van der Waals surface area contributed by atoms with E-state index in [0.29, 0.717) is 0 Å². The SMILES string of the molecule is C/C(=N\Nc1ccc(-c2ccccc2)cc1)c1ccccc1. The van der Waals surface area contributed by atoms with Gasteiger partial charge in [0.1, 0.15) is 0 Å². The summed E-state index contributed by atoms with van der Waals surface area (Å²) < 4.78 is 0. The third-order valence-corrected chi connectivity index (χ3v) is 3.54. The monoisotopic (exact) mass is 286 g/mol. The maximum Gasteiger partial charge on any atom is 0.0648 e. The van der Waals surface area contributed by atoms with Gasteiger partial charge >= 0.3 is 0 Å². The van der Waals surface area contributed by atoms with Gasteiger partial charge in [-0.2, -0.15) is 5.10 Å². The molecule has 0 fully saturated rings. The molecule has 0 heterocycles. The third-order valence-electron chi connectivity index (χ3n) is 3.54. The second-order valence-corrected chi connectivity index (χ2v) is 5.12. The van der Waals surface area contributed by atoms with Crippen LogP contribution in [0.1, 0.15) is 12.5 Å². The minimum absolute atomic E-state index is 0.965. The summed E-state index contributed by atoms with van der Waals surface area (Å²) in [6.45, 7) is 2.00. The minimum Gasteiger partial charge on any atom is -0.278 e. The second kappa shape index (κ2) is 6.72. The molecule has 0 amide bonds. The van der Waals surface area contributed by atoms with Crippen LogP contribution in [-0.2, 0) is 0 Å². The Labute approximate surface area is 131 Å². The van der Waals surface area contributed by atoms with Crippen LogP contribution in [0.5, 0.6) is 0 Å². The molecule has 0 saturated heterocycles. The molecule has 0 aliphatic rings. The lowest BCUT2D eigenvalue weighted by atomic mass is 10.1. The van der Waals surface area contributed by atoms with E-state index in [0.717, 1.165) is 17.0 Å². The van der Waals surface area contributed by atoms with Crippen LogP contribution in [-0.4, -0.2) is 5.71 Å². The standard InChI is InChI=1S/C20H18N2/c1-16(17-8-4-2-5-9-17)21-22-20-14-12-19(13-15-20)18-10-6-3-7-11-18/h2-15,22H,1H3/b21-16+. The summed E-state index contributed by atoms with van der Waals surface area (Å²) in [6, 6.07) is 28.8. The highest BCUT2D eigenvalue weighted by molar-refractivity contribution is 5.99. The molecule has 0 atom stereocenters. The van der Waals surface area contributed by atoms with E-state index in [2.05, 4.69) is 59.1 Å². The maximum atomic E-state index is 4.43. The molecule has 0 aliphatic carbocycles. The lowest BCUT2D eigenvalue weighted by Gasteiger charge is -2.05. The second-order valence-electron chi connectivity index (χ2n) is 5.12. The van der Waals surface area contributed by atoms with Crippen molar-refractivity contribution in [1.82, 2.24) is 0 Å². The first-order valence-electron chi connectivity index (χ1n) is 7.34. The van der Waals surface area contributed by atoms with Gasteiger partial charge in [0.15, 0.2) is 0 Å². The fourth-order valence-corrected chi connectivity index (χ4v) is 2.26. The third kappa shape index (κ3) is 3.41. The Balaban J connectivity index is 1.72. The van der Waals surface area contributed by atoms with Crippen molar-refractivity contribution in [3.8, 4) is 11.1 Å². The number of nitrogens with zero attached hydrogens (tertiary/aromatic N) is 1. The smallest absolute Gasteiger partial charge is 0.0648 e. The molecule has 3 aromatic carbocycles. The minimum atomic E-state index is 0.965. The molecule has 0 unspecified atom stereocenters. The Kier molecular flexibility index (Phi) is 4.30. The summed E-state index contributed by atoms with van der Waals surface area (Å²) in [7, 11) is 0. The maximum absolute atomic E-state index is 4.43. The predicted octanol–water partition coefficient (Wildman–Crippen LogP) is 5.19. The van der Waals surface area contributed by atoms with Crippen molar-refractivity contribution in [1.29, 1.82) is 0 Å². The van der Waals surface area contributed by atoms with Crippen LogP contribution < -0.4 is 5.43 Å². The Bertz CT molecular complexity index is 745. The van der Waals surface area contributed by atoms with E-state index < -0.39 is 0 Å². The van der Waals surface area contributed by atoms with Crippen LogP contribution in [0, 0.1) is 0 Å². The largest absolute Gasteiger partial charge is 0.278 e. The topological polar surface area (TPSA) is 24.4 Å². The van der Waals surface area contributed by atoms with Gasteiger partial charge in [0.2, 0.25) is 0 Å². The zero-order valence-electron chi connectivity index (χ0n) is 12.5. The van der Waals surface area contributed by atoms with Crippen molar-refractivity contribution >= 4 is 11.4 Å². The molecule has 0 bridgehead atoms. The molecule has 3 aromatic rings. The lowest BCUT2D eigenvalue weighted by molar-refractivity contribution is 1.32. The van der Waals surface area contributed by atoms with E-state index in [1.165, 1.54) is 11.1 Å². The number of rotatable bonds is 4. The van der Waals surface area contributed by atoms with Crippen LogP contribution in [0.25, 0.3) is 11.1 Å². The molecule has 2 heteroatoms. The van der Waals surface area contributed by atoms with Gasteiger partial charge in [0.25, 0.3) is 0 Å². The molecular weight excluding hydrogens is 268 g/mol. The van der Waals surface area contributed by atoms with E-state index >= 15 is 0 Å². The van der Waals surface area contributed by atoms with Crippen molar-refractivity contribution in [2.45, 2.75) is 6.92 Å². The Hall–Kier alpha value is -2.87. The molecule has 1 N–H and O–H groups in total. The van der Waals surface area contributed by atoms with Gasteiger partial charge in [0.05, 0.1) is 11.4 Å². The molecule has 2 nitrogen and oxygen atoms in total. The number of benzene rings is 3. The summed E-state index contributed by atoms with van der Waals surface area (Å²) in [4.78, 5) is 0. The number of anilines is 1. The lowest BCUT2D eigenvalue weighted by Crippen LogP contribution is -1.99. The number of nitrogens with one attached hydrogen (secondary N) is 1. The molecule has 0 radical (unpaired) electrons. The number of hydrogen-bond donors (Lipinski definition) is 1. The summed E-state index contributed by atoms with van der Waals surface area (Å²) in [5.41, 5.74) is 8.60. The fourth-order valence-electron chi connectivity index (χ4n) is 2.26. The summed E-state index contributed by atoms with van der Waals surface area (Å²) in [5, 5.41) is 4.43. The van der Waals surface area contributed by atoms with Crippen molar-refractivity contribution in [2.24, 2.45) is 5.10 Å². The van der Waals surface area contributed by atoms with Gasteiger partial charge < -0.3 is 0 Å². The molecule has 108 valence electrons. The molecule has 0 aromatic heterocycles. The van der Waals surface area contributed by atoms with Crippen LogP contribution in [0.15, 0.2) is 90.0 Å². The summed E-state index contributed by atoms with van der Waals surface area (Å²) >= 11 is 0. The van der Waals surface area contributed by atoms with Crippen LogP contribution in [0.4, 0.5) is 5.69 Å². The van der Waals surface area contributed by atoms with Gasteiger partial charge in [-0.15, -0.1) is 0 Å². The van der Waals surface area contributed by atoms with E-state index in [1.54, 1.807) is 0 Å². The Morgan fingerprint density at radius 3 is 1.86 bits per heavy atom. The van der Waals surface area contributed by atoms with E-state index in [1.807, 2.05) is 43.3 Å². The summed E-state index contributed by atoms with van der Waals surface area (Å²) in [5.74, 6) is 0. The Morgan fingerprint density at radius 2 is 1.23 bits per heavy atom. The first-order valence-corrected chi connectivity index (χ1v) is 7.34. The van der Waals surface area contributed by atoms with E-state index in [9.17, 15) is 0 Å². The molecule has 3 rings (SSSR count). The molecule has 0 aliphatic heterocycles. The van der Waals surface area contributed by atoms with Crippen molar-refractivity contribution < 1.29 is 0 Å². The van der Waals surface area contributed by atoms with Crippen LogP contribution in [0.3, 0.4) is 0 Å². The average Bonchev–Trinajstić information content (AvgIpc) is 2.61. The van der Waals surface area contributed by atoms with Crippen LogP contribution in [0.2, 0.25) is 0 Å². The number of hydrogen-bond acceptors (Lipinski definition) is 2. The fraction of sp³-hybridized carbons (Fsp3) is 0.0500. The Morgan fingerprint density at radius 1 is 0.682 bits per heavy atom. The zero-order chi connectivity index (χ0) is 15.2. The molecular formula is C20H18N2. The van der Waals surface area contributed by atoms with Gasteiger partial charge in [-0.25, -0.2) is 0 Å². The normalized spacial score (nSPS) is 11.2. The van der Waals surface area contributed by atoms with Gasteiger partial charge in [-0.3, -0.25) is 5.43 Å². The first kappa shape index (κ1) is 14.1. The number of hydrazone groups is 1.